The number of benzene rings is 2. The topological polar surface area (TPSA) is 65.1 Å². The zero-order valence-corrected chi connectivity index (χ0v) is 25.4. The van der Waals surface area contributed by atoms with Crippen molar-refractivity contribution in [2.45, 2.75) is 83.8 Å². The van der Waals surface area contributed by atoms with Crippen molar-refractivity contribution in [2.24, 2.45) is 0 Å². The van der Waals surface area contributed by atoms with E-state index in [1.807, 2.05) is 36.9 Å². The minimum atomic E-state index is -0.00670. The predicted octanol–water partition coefficient (Wildman–Crippen LogP) is 6.28. The van der Waals surface area contributed by atoms with E-state index in [1.54, 1.807) is 6.07 Å². The maximum absolute atomic E-state index is 13.7. The van der Waals surface area contributed by atoms with Gasteiger partial charge in [-0.15, -0.1) is 0 Å². The minimum absolute atomic E-state index is 0.00670. The van der Waals surface area contributed by atoms with Crippen molar-refractivity contribution in [2.75, 3.05) is 25.0 Å². The standard InChI is InChI=1S/C33H40ClN5O2/c1-20(2)39(32(40)26-8-6-7-9-28(26)34)29-13-12-23-10-11-24(19-27(23)29)31-33(41-31)37(5)25-14-16-38(17-15-25)30-18-21(3)35-22(4)36-30/h6-11,18-20,25,29,31,33H,12-17H2,1-5H3/t29-,31?,33?/m1/s1. The molecule has 0 radical (unpaired) electrons. The second-order valence-electron chi connectivity index (χ2n) is 12.0. The molecule has 2 fully saturated rings. The summed E-state index contributed by atoms with van der Waals surface area (Å²) < 4.78 is 6.29. The summed E-state index contributed by atoms with van der Waals surface area (Å²) in [5.74, 6) is 1.86. The average molecular weight is 574 g/mol. The maximum Gasteiger partial charge on any atom is 0.256 e. The number of anilines is 1. The fraction of sp³-hybridized carbons (Fsp3) is 0.485. The van der Waals surface area contributed by atoms with E-state index < -0.39 is 0 Å². The van der Waals surface area contributed by atoms with Crippen molar-refractivity contribution in [3.63, 3.8) is 0 Å². The molecule has 2 saturated heterocycles. The summed E-state index contributed by atoms with van der Waals surface area (Å²) in [6, 6.07) is 16.7. The summed E-state index contributed by atoms with van der Waals surface area (Å²) in [4.78, 5) is 29.6. The summed E-state index contributed by atoms with van der Waals surface area (Å²) in [5, 5.41) is 0.500. The summed E-state index contributed by atoms with van der Waals surface area (Å²) in [6.07, 6.45) is 4.18. The van der Waals surface area contributed by atoms with E-state index in [0.29, 0.717) is 16.6 Å². The Balaban J connectivity index is 1.13. The molecule has 41 heavy (non-hydrogen) atoms. The summed E-state index contributed by atoms with van der Waals surface area (Å²) in [7, 11) is 2.20. The summed E-state index contributed by atoms with van der Waals surface area (Å²) >= 11 is 6.43. The van der Waals surface area contributed by atoms with Crippen LogP contribution in [0.5, 0.6) is 0 Å². The highest BCUT2D eigenvalue weighted by molar-refractivity contribution is 6.33. The van der Waals surface area contributed by atoms with Gasteiger partial charge < -0.3 is 14.5 Å². The van der Waals surface area contributed by atoms with Gasteiger partial charge in [-0.25, -0.2) is 9.97 Å². The van der Waals surface area contributed by atoms with Gasteiger partial charge in [0.25, 0.3) is 5.91 Å². The molecule has 0 saturated carbocycles. The number of hydrogen-bond donors (Lipinski definition) is 0. The first-order valence-corrected chi connectivity index (χ1v) is 15.2. The van der Waals surface area contributed by atoms with Crippen LogP contribution in [-0.4, -0.2) is 64.1 Å². The Morgan fingerprint density at radius 3 is 2.51 bits per heavy atom. The highest BCUT2D eigenvalue weighted by Crippen LogP contribution is 2.46. The van der Waals surface area contributed by atoms with Gasteiger partial charge in [-0.1, -0.05) is 41.9 Å². The monoisotopic (exact) mass is 573 g/mol. The third-order valence-corrected chi connectivity index (χ3v) is 9.29. The van der Waals surface area contributed by atoms with Crippen LogP contribution in [0.3, 0.4) is 0 Å². The molecule has 6 rings (SSSR count). The molecule has 3 aromatic rings. The number of amides is 1. The maximum atomic E-state index is 13.7. The molecule has 1 aliphatic carbocycles. The number of halogens is 1. The molecule has 3 heterocycles. The third-order valence-electron chi connectivity index (χ3n) is 8.96. The first kappa shape index (κ1) is 28.1. The molecule has 7 nitrogen and oxygen atoms in total. The van der Waals surface area contributed by atoms with Crippen LogP contribution in [0.4, 0.5) is 5.82 Å². The smallest absolute Gasteiger partial charge is 0.256 e. The Labute approximate surface area is 248 Å². The van der Waals surface area contributed by atoms with Crippen LogP contribution in [0, 0.1) is 13.8 Å². The van der Waals surface area contributed by atoms with Gasteiger partial charge in [0.15, 0.2) is 0 Å². The van der Waals surface area contributed by atoms with Gasteiger partial charge in [0.1, 0.15) is 24.0 Å². The third kappa shape index (κ3) is 5.60. The predicted molar refractivity (Wildman–Crippen MR) is 162 cm³/mol. The Bertz CT molecular complexity index is 1420. The number of likely N-dealkylation sites (N-methyl/N-ethyl adjacent to an activating group) is 1. The van der Waals surface area contributed by atoms with E-state index in [4.69, 9.17) is 16.3 Å². The number of rotatable bonds is 7. The van der Waals surface area contributed by atoms with Crippen molar-refractivity contribution in [3.8, 4) is 0 Å². The van der Waals surface area contributed by atoms with Crippen LogP contribution in [0.25, 0.3) is 0 Å². The number of nitrogens with zero attached hydrogens (tertiary/aromatic N) is 5. The summed E-state index contributed by atoms with van der Waals surface area (Å²) in [5.41, 5.74) is 5.35. The molecule has 1 aromatic heterocycles. The van der Waals surface area contributed by atoms with Crippen molar-refractivity contribution in [1.29, 1.82) is 0 Å². The van der Waals surface area contributed by atoms with E-state index >= 15 is 0 Å². The van der Waals surface area contributed by atoms with E-state index in [-0.39, 0.29) is 30.3 Å². The Morgan fingerprint density at radius 2 is 1.80 bits per heavy atom. The number of fused-ring (bicyclic) bond motifs is 1. The van der Waals surface area contributed by atoms with Gasteiger partial charge >= 0.3 is 0 Å². The molecule has 0 N–H and O–H groups in total. The highest BCUT2D eigenvalue weighted by atomic mass is 35.5. The van der Waals surface area contributed by atoms with E-state index in [2.05, 4.69) is 64.9 Å². The van der Waals surface area contributed by atoms with Gasteiger partial charge in [-0.3, -0.25) is 9.69 Å². The molecule has 2 aromatic carbocycles. The fourth-order valence-corrected chi connectivity index (χ4v) is 7.02. The van der Waals surface area contributed by atoms with Crippen LogP contribution >= 0.6 is 11.6 Å². The Hall–Kier alpha value is -3.00. The molecule has 3 aliphatic rings. The van der Waals surface area contributed by atoms with E-state index in [1.165, 1.54) is 16.7 Å². The number of aromatic nitrogens is 2. The van der Waals surface area contributed by atoms with Gasteiger partial charge in [0.2, 0.25) is 0 Å². The highest BCUT2D eigenvalue weighted by Gasteiger charge is 2.46. The number of epoxide rings is 1. The lowest BCUT2D eigenvalue weighted by Gasteiger charge is -2.37. The number of carbonyl (C=O) groups excluding carboxylic acids is 1. The zero-order valence-electron chi connectivity index (χ0n) is 24.7. The molecule has 8 heteroatoms. The lowest BCUT2D eigenvalue weighted by atomic mass is 9.99. The summed E-state index contributed by atoms with van der Waals surface area (Å²) in [6.45, 7) is 10.1. The average Bonchev–Trinajstić information content (AvgIpc) is 3.65. The quantitative estimate of drug-likeness (QED) is 0.310. The minimum Gasteiger partial charge on any atom is -0.356 e. The lowest BCUT2D eigenvalue weighted by molar-refractivity contribution is 0.0606. The first-order valence-electron chi connectivity index (χ1n) is 14.9. The fourth-order valence-electron chi connectivity index (χ4n) is 6.80. The SMILES string of the molecule is Cc1cc(N2CCC(N(C)C3OC3c3ccc4c(c3)[C@H](N(C(=O)c3ccccc3Cl)C(C)C)CC4)CC2)nc(C)n1. The number of ether oxygens (including phenoxy) is 1. The van der Waals surface area contributed by atoms with Crippen molar-refractivity contribution >= 4 is 23.3 Å². The molecule has 2 aliphatic heterocycles. The molecule has 2 unspecified atom stereocenters. The van der Waals surface area contributed by atoms with Crippen LogP contribution < -0.4 is 4.90 Å². The van der Waals surface area contributed by atoms with Gasteiger partial charge in [0, 0.05) is 36.9 Å². The molecular formula is C33H40ClN5O2. The van der Waals surface area contributed by atoms with Gasteiger partial charge in [-0.2, -0.15) is 0 Å². The number of piperidine rings is 1. The lowest BCUT2D eigenvalue weighted by Crippen LogP contribution is -2.45. The number of hydrogen-bond acceptors (Lipinski definition) is 6. The van der Waals surface area contributed by atoms with Crippen molar-refractivity contribution in [1.82, 2.24) is 19.8 Å². The second kappa shape index (κ2) is 11.3. The first-order chi connectivity index (χ1) is 19.7. The molecule has 216 valence electrons. The Kier molecular flexibility index (Phi) is 7.79. The zero-order chi connectivity index (χ0) is 28.8. The molecular weight excluding hydrogens is 534 g/mol. The normalized spacial score (nSPS) is 22.3. The second-order valence-corrected chi connectivity index (χ2v) is 12.5. The van der Waals surface area contributed by atoms with Crippen LogP contribution in [-0.2, 0) is 11.2 Å². The van der Waals surface area contributed by atoms with Crippen molar-refractivity contribution < 1.29 is 9.53 Å². The van der Waals surface area contributed by atoms with E-state index in [0.717, 1.165) is 56.1 Å². The largest absolute Gasteiger partial charge is 0.356 e. The number of aryl methyl sites for hydroxylation is 3. The Morgan fingerprint density at radius 1 is 1.05 bits per heavy atom. The molecule has 0 bridgehead atoms. The van der Waals surface area contributed by atoms with Crippen molar-refractivity contribution in [3.05, 3.63) is 87.3 Å². The van der Waals surface area contributed by atoms with E-state index in [9.17, 15) is 4.79 Å². The molecule has 3 atom stereocenters. The molecule has 1 amide bonds. The van der Waals surface area contributed by atoms with Crippen LogP contribution in [0.1, 0.15) is 83.8 Å². The van der Waals surface area contributed by atoms with Gasteiger partial charge in [0.05, 0.1) is 16.6 Å². The van der Waals surface area contributed by atoms with Crippen LogP contribution in [0.2, 0.25) is 5.02 Å². The van der Waals surface area contributed by atoms with Gasteiger partial charge in [-0.05, 0) is 89.2 Å². The molecule has 0 spiro atoms. The van der Waals surface area contributed by atoms with Crippen LogP contribution in [0.15, 0.2) is 48.5 Å². The number of carbonyl (C=O) groups is 1.